The first-order chi connectivity index (χ1) is 9.60. The van der Waals surface area contributed by atoms with Crippen LogP contribution < -0.4 is 15.2 Å². The molecular weight excluding hydrogens is 254 g/mol. The summed E-state index contributed by atoms with van der Waals surface area (Å²) in [4.78, 5) is 8.91. The van der Waals surface area contributed by atoms with Gasteiger partial charge in [-0.1, -0.05) is 6.92 Å². The number of ether oxygens (including phenoxy) is 2. The topological polar surface area (TPSA) is 70.3 Å². The lowest BCUT2D eigenvalue weighted by atomic mass is 10.1. The number of methoxy groups -OCH3 is 2. The predicted octanol–water partition coefficient (Wildman–Crippen LogP) is 2.61. The first kappa shape index (κ1) is 14.1. The van der Waals surface area contributed by atoms with E-state index in [1.807, 2.05) is 26.0 Å². The lowest BCUT2D eigenvalue weighted by Gasteiger charge is -2.12. The minimum Gasteiger partial charge on any atom is -0.497 e. The van der Waals surface area contributed by atoms with Crippen LogP contribution in [-0.2, 0) is 6.42 Å². The maximum atomic E-state index is 6.00. The van der Waals surface area contributed by atoms with Crippen molar-refractivity contribution < 1.29 is 9.47 Å². The molecule has 5 heteroatoms. The monoisotopic (exact) mass is 273 g/mol. The van der Waals surface area contributed by atoms with Crippen LogP contribution in [0.2, 0.25) is 0 Å². The SMILES string of the molecule is CCc1c(C)nc(-c2ccc(OC)cc2OC)nc1N. The van der Waals surface area contributed by atoms with E-state index in [0.717, 1.165) is 29.0 Å². The van der Waals surface area contributed by atoms with Crippen molar-refractivity contribution in [1.82, 2.24) is 9.97 Å². The van der Waals surface area contributed by atoms with Crippen molar-refractivity contribution in [2.45, 2.75) is 20.3 Å². The van der Waals surface area contributed by atoms with Gasteiger partial charge in [-0.3, -0.25) is 0 Å². The molecule has 0 saturated heterocycles. The Morgan fingerprint density at radius 1 is 1.15 bits per heavy atom. The van der Waals surface area contributed by atoms with Crippen molar-refractivity contribution in [2.24, 2.45) is 0 Å². The van der Waals surface area contributed by atoms with Gasteiger partial charge in [0.15, 0.2) is 5.82 Å². The number of benzene rings is 1. The van der Waals surface area contributed by atoms with Crippen LogP contribution in [0.15, 0.2) is 18.2 Å². The molecule has 5 nitrogen and oxygen atoms in total. The highest BCUT2D eigenvalue weighted by atomic mass is 16.5. The third-order valence-corrected chi connectivity index (χ3v) is 3.25. The van der Waals surface area contributed by atoms with E-state index in [9.17, 15) is 0 Å². The second-order valence-electron chi connectivity index (χ2n) is 4.42. The summed E-state index contributed by atoms with van der Waals surface area (Å²) in [7, 11) is 3.22. The number of anilines is 1. The van der Waals surface area contributed by atoms with E-state index in [0.29, 0.717) is 17.4 Å². The molecule has 1 aromatic carbocycles. The molecule has 1 heterocycles. The quantitative estimate of drug-likeness (QED) is 0.927. The Morgan fingerprint density at radius 3 is 2.45 bits per heavy atom. The molecule has 0 spiro atoms. The van der Waals surface area contributed by atoms with Gasteiger partial charge in [0, 0.05) is 17.3 Å². The zero-order valence-corrected chi connectivity index (χ0v) is 12.2. The average molecular weight is 273 g/mol. The third-order valence-electron chi connectivity index (χ3n) is 3.25. The van der Waals surface area contributed by atoms with Crippen LogP contribution in [0.1, 0.15) is 18.2 Å². The molecule has 0 saturated carbocycles. The molecule has 1 aromatic heterocycles. The summed E-state index contributed by atoms with van der Waals surface area (Å²) in [6, 6.07) is 5.52. The fourth-order valence-corrected chi connectivity index (χ4v) is 2.16. The number of nitrogens with two attached hydrogens (primary N) is 1. The zero-order chi connectivity index (χ0) is 14.7. The van der Waals surface area contributed by atoms with Crippen molar-refractivity contribution >= 4 is 5.82 Å². The number of hydrogen-bond donors (Lipinski definition) is 1. The molecule has 0 amide bonds. The normalized spacial score (nSPS) is 10.4. The van der Waals surface area contributed by atoms with Gasteiger partial charge in [-0.15, -0.1) is 0 Å². The highest BCUT2D eigenvalue weighted by Gasteiger charge is 2.13. The summed E-state index contributed by atoms with van der Waals surface area (Å²) in [5.74, 6) is 2.47. The van der Waals surface area contributed by atoms with E-state index in [1.54, 1.807) is 20.3 Å². The van der Waals surface area contributed by atoms with Crippen molar-refractivity contribution in [1.29, 1.82) is 0 Å². The summed E-state index contributed by atoms with van der Waals surface area (Å²) in [5.41, 5.74) is 8.68. The number of aromatic nitrogens is 2. The maximum absolute atomic E-state index is 6.00. The molecule has 0 atom stereocenters. The molecule has 0 aliphatic heterocycles. The molecule has 0 fully saturated rings. The molecule has 0 unspecified atom stereocenters. The standard InChI is InChI=1S/C15H19N3O2/c1-5-11-9(2)17-15(18-14(11)16)12-7-6-10(19-3)8-13(12)20-4/h6-8H,5H2,1-4H3,(H2,16,17,18). The summed E-state index contributed by atoms with van der Waals surface area (Å²) in [6.45, 7) is 3.98. The minimum atomic E-state index is 0.521. The second-order valence-corrected chi connectivity index (χ2v) is 4.42. The molecule has 0 bridgehead atoms. The van der Waals surface area contributed by atoms with Crippen molar-refractivity contribution in [3.63, 3.8) is 0 Å². The van der Waals surface area contributed by atoms with Crippen LogP contribution >= 0.6 is 0 Å². The highest BCUT2D eigenvalue weighted by molar-refractivity contribution is 5.67. The van der Waals surface area contributed by atoms with Crippen LogP contribution in [0.25, 0.3) is 11.4 Å². The Kier molecular flexibility index (Phi) is 4.08. The maximum Gasteiger partial charge on any atom is 0.165 e. The Hall–Kier alpha value is -2.30. The molecule has 106 valence electrons. The molecule has 2 N–H and O–H groups in total. The van der Waals surface area contributed by atoms with Crippen molar-refractivity contribution in [3.8, 4) is 22.9 Å². The number of hydrogen-bond acceptors (Lipinski definition) is 5. The number of aryl methyl sites for hydroxylation is 1. The molecular formula is C15H19N3O2. The van der Waals surface area contributed by atoms with Crippen LogP contribution in [0.5, 0.6) is 11.5 Å². The van der Waals surface area contributed by atoms with E-state index < -0.39 is 0 Å². The fraction of sp³-hybridized carbons (Fsp3) is 0.333. The van der Waals surface area contributed by atoms with Gasteiger partial charge in [0.1, 0.15) is 17.3 Å². The predicted molar refractivity (Wildman–Crippen MR) is 79.1 cm³/mol. The molecule has 2 aromatic rings. The van der Waals surface area contributed by atoms with Gasteiger partial charge in [-0.05, 0) is 25.5 Å². The van der Waals surface area contributed by atoms with E-state index in [4.69, 9.17) is 15.2 Å². The van der Waals surface area contributed by atoms with Crippen LogP contribution in [-0.4, -0.2) is 24.2 Å². The highest BCUT2D eigenvalue weighted by Crippen LogP contribution is 2.32. The van der Waals surface area contributed by atoms with Gasteiger partial charge in [0.25, 0.3) is 0 Å². The number of rotatable bonds is 4. The Bertz CT molecular complexity index is 604. The Balaban J connectivity index is 2.56. The van der Waals surface area contributed by atoms with Gasteiger partial charge in [-0.25, -0.2) is 9.97 Å². The van der Waals surface area contributed by atoms with E-state index in [1.165, 1.54) is 0 Å². The summed E-state index contributed by atoms with van der Waals surface area (Å²) in [6.07, 6.45) is 0.817. The second kappa shape index (κ2) is 5.77. The lowest BCUT2D eigenvalue weighted by Crippen LogP contribution is -2.05. The van der Waals surface area contributed by atoms with Gasteiger partial charge in [0.2, 0.25) is 0 Å². The average Bonchev–Trinajstić information content (AvgIpc) is 2.46. The zero-order valence-electron chi connectivity index (χ0n) is 12.2. The summed E-state index contributed by atoms with van der Waals surface area (Å²) >= 11 is 0. The molecule has 0 aliphatic carbocycles. The number of nitrogen functional groups attached to an aromatic ring is 1. The molecule has 0 aliphatic rings. The third kappa shape index (κ3) is 2.52. The van der Waals surface area contributed by atoms with Crippen LogP contribution in [0, 0.1) is 6.92 Å². The van der Waals surface area contributed by atoms with Gasteiger partial charge >= 0.3 is 0 Å². The van der Waals surface area contributed by atoms with Crippen molar-refractivity contribution in [3.05, 3.63) is 29.5 Å². The molecule has 0 radical (unpaired) electrons. The first-order valence-electron chi connectivity index (χ1n) is 6.46. The van der Waals surface area contributed by atoms with Gasteiger partial charge < -0.3 is 15.2 Å². The molecule has 2 rings (SSSR count). The van der Waals surface area contributed by atoms with Gasteiger partial charge in [-0.2, -0.15) is 0 Å². The van der Waals surface area contributed by atoms with Gasteiger partial charge in [0.05, 0.1) is 19.8 Å². The summed E-state index contributed by atoms with van der Waals surface area (Å²) < 4.78 is 10.6. The van der Waals surface area contributed by atoms with E-state index >= 15 is 0 Å². The lowest BCUT2D eigenvalue weighted by molar-refractivity contribution is 0.395. The number of nitrogens with zero attached hydrogens (tertiary/aromatic N) is 2. The largest absolute Gasteiger partial charge is 0.497 e. The smallest absolute Gasteiger partial charge is 0.165 e. The first-order valence-corrected chi connectivity index (χ1v) is 6.46. The van der Waals surface area contributed by atoms with Crippen LogP contribution in [0.4, 0.5) is 5.82 Å². The fourth-order valence-electron chi connectivity index (χ4n) is 2.16. The Labute approximate surface area is 118 Å². The van der Waals surface area contributed by atoms with E-state index in [2.05, 4.69) is 9.97 Å². The van der Waals surface area contributed by atoms with Crippen LogP contribution in [0.3, 0.4) is 0 Å². The van der Waals surface area contributed by atoms with Crippen molar-refractivity contribution in [2.75, 3.05) is 20.0 Å². The Morgan fingerprint density at radius 2 is 1.90 bits per heavy atom. The summed E-state index contributed by atoms with van der Waals surface area (Å²) in [5, 5.41) is 0. The molecule has 20 heavy (non-hydrogen) atoms. The minimum absolute atomic E-state index is 0.521. The van der Waals surface area contributed by atoms with E-state index in [-0.39, 0.29) is 0 Å².